The van der Waals surface area contributed by atoms with Crippen molar-refractivity contribution in [3.05, 3.63) is 73.1 Å². The Morgan fingerprint density at radius 1 is 0.927 bits per heavy atom. The summed E-state index contributed by atoms with van der Waals surface area (Å²) in [5.74, 6) is 0.628. The maximum absolute atomic E-state index is 13.2. The molecule has 1 aliphatic heterocycles. The molecule has 0 saturated carbocycles. The summed E-state index contributed by atoms with van der Waals surface area (Å²) in [7, 11) is 1.62. The van der Waals surface area contributed by atoms with Crippen LogP contribution in [0, 0.1) is 0 Å². The molecule has 1 aromatic carbocycles. The van der Waals surface area contributed by atoms with E-state index in [1.807, 2.05) is 51.1 Å². The van der Waals surface area contributed by atoms with Gasteiger partial charge in [-0.15, -0.1) is 0 Å². The number of carbonyl (C=O) groups is 2. The summed E-state index contributed by atoms with van der Waals surface area (Å²) in [6, 6.07) is 11.0. The molecule has 0 aliphatic carbocycles. The Hall–Kier alpha value is -5.00. The summed E-state index contributed by atoms with van der Waals surface area (Å²) in [4.78, 5) is 42.4. The molecule has 0 spiro atoms. The van der Waals surface area contributed by atoms with E-state index in [0.717, 1.165) is 22.6 Å². The van der Waals surface area contributed by atoms with E-state index in [4.69, 9.17) is 9.47 Å². The quantitative estimate of drug-likeness (QED) is 0.374. The van der Waals surface area contributed by atoms with Gasteiger partial charge < -0.3 is 24.6 Å². The van der Waals surface area contributed by atoms with Gasteiger partial charge in [0.1, 0.15) is 17.0 Å². The largest absolute Gasteiger partial charge is 0.497 e. The maximum atomic E-state index is 13.2. The molecular formula is C29H32N8O4. The van der Waals surface area contributed by atoms with Gasteiger partial charge in [0.2, 0.25) is 0 Å². The number of anilines is 2. The van der Waals surface area contributed by atoms with Crippen molar-refractivity contribution < 1.29 is 19.1 Å². The van der Waals surface area contributed by atoms with Gasteiger partial charge in [-0.1, -0.05) is 12.1 Å². The molecule has 12 heteroatoms. The van der Waals surface area contributed by atoms with Crippen LogP contribution < -0.4 is 15.0 Å². The average molecular weight is 557 g/mol. The smallest absolute Gasteiger partial charge is 0.410 e. The first-order valence-corrected chi connectivity index (χ1v) is 13.2. The Balaban J connectivity index is 1.27. The number of hydrogen-bond acceptors (Lipinski definition) is 9. The normalized spacial score (nSPS) is 13.6. The molecule has 212 valence electrons. The first kappa shape index (κ1) is 27.6. The lowest BCUT2D eigenvalue weighted by Gasteiger charge is -2.37. The predicted molar refractivity (Wildman–Crippen MR) is 153 cm³/mol. The van der Waals surface area contributed by atoms with Gasteiger partial charge in [-0.3, -0.25) is 9.78 Å². The standard InChI is InChI=1S/C29H32N8O4/c1-29(2,3)41-28(39)36-15-13-35(14-16-36)25-10-11-30-18-24(25)33-26(38)23-9-12-31-27(34-23)37-19-21(17-32-37)20-5-7-22(40-4)8-6-20/h5-12,17-19H,13-16H2,1-4H3,(H,33,38). The highest BCUT2D eigenvalue weighted by molar-refractivity contribution is 6.04. The Morgan fingerprint density at radius 3 is 2.39 bits per heavy atom. The van der Waals surface area contributed by atoms with Gasteiger partial charge in [-0.05, 0) is 50.6 Å². The third-order valence-corrected chi connectivity index (χ3v) is 6.40. The van der Waals surface area contributed by atoms with Crippen LogP contribution in [-0.2, 0) is 4.74 Å². The summed E-state index contributed by atoms with van der Waals surface area (Å²) in [6.07, 6.45) is 7.98. The zero-order chi connectivity index (χ0) is 29.0. The van der Waals surface area contributed by atoms with Crippen molar-refractivity contribution in [3.8, 4) is 22.8 Å². The Bertz CT molecular complexity index is 1520. The van der Waals surface area contributed by atoms with E-state index >= 15 is 0 Å². The monoisotopic (exact) mass is 556 g/mol. The molecule has 0 unspecified atom stereocenters. The number of carbonyl (C=O) groups excluding carboxylic acids is 2. The SMILES string of the molecule is COc1ccc(-c2cnn(-c3nccc(C(=O)Nc4cnccc4N4CCN(C(=O)OC(C)(C)C)CC4)n3)c2)cc1. The molecule has 1 N–H and O–H groups in total. The van der Waals surface area contributed by atoms with Crippen molar-refractivity contribution >= 4 is 23.4 Å². The highest BCUT2D eigenvalue weighted by Crippen LogP contribution is 2.27. The fraction of sp³-hybridized carbons (Fsp3) is 0.310. The van der Waals surface area contributed by atoms with Crippen molar-refractivity contribution in [1.82, 2.24) is 29.6 Å². The van der Waals surface area contributed by atoms with Crippen LogP contribution in [0.4, 0.5) is 16.2 Å². The Kier molecular flexibility index (Phi) is 7.81. The number of piperazine rings is 1. The number of benzene rings is 1. The lowest BCUT2D eigenvalue weighted by molar-refractivity contribution is 0.0240. The summed E-state index contributed by atoms with van der Waals surface area (Å²) in [5.41, 5.74) is 2.82. The van der Waals surface area contributed by atoms with Crippen molar-refractivity contribution in [1.29, 1.82) is 0 Å². The third-order valence-electron chi connectivity index (χ3n) is 6.40. The van der Waals surface area contributed by atoms with Crippen molar-refractivity contribution in [3.63, 3.8) is 0 Å². The molecule has 12 nitrogen and oxygen atoms in total. The molecule has 0 atom stereocenters. The average Bonchev–Trinajstić information content (AvgIpc) is 3.47. The second-order valence-corrected chi connectivity index (χ2v) is 10.4. The van der Waals surface area contributed by atoms with E-state index in [-0.39, 0.29) is 17.7 Å². The fourth-order valence-electron chi connectivity index (χ4n) is 4.35. The van der Waals surface area contributed by atoms with E-state index < -0.39 is 11.5 Å². The zero-order valence-electron chi connectivity index (χ0n) is 23.4. The summed E-state index contributed by atoms with van der Waals surface area (Å²) in [5, 5.41) is 7.31. The third kappa shape index (κ3) is 6.60. The summed E-state index contributed by atoms with van der Waals surface area (Å²) < 4.78 is 12.2. The van der Waals surface area contributed by atoms with Gasteiger partial charge in [0.25, 0.3) is 11.9 Å². The van der Waals surface area contributed by atoms with Crippen LogP contribution in [-0.4, -0.2) is 80.5 Å². The number of rotatable bonds is 6. The van der Waals surface area contributed by atoms with Crippen molar-refractivity contribution in [2.75, 3.05) is 43.5 Å². The molecule has 0 radical (unpaired) electrons. The number of hydrogen-bond donors (Lipinski definition) is 1. The lowest BCUT2D eigenvalue weighted by atomic mass is 10.1. The number of aromatic nitrogens is 5. The van der Waals surface area contributed by atoms with Crippen LogP contribution in [0.5, 0.6) is 5.75 Å². The number of amides is 2. The van der Waals surface area contributed by atoms with Gasteiger partial charge in [-0.2, -0.15) is 5.10 Å². The maximum Gasteiger partial charge on any atom is 0.410 e. The number of nitrogens with one attached hydrogen (secondary N) is 1. The molecule has 1 saturated heterocycles. The minimum atomic E-state index is -0.548. The van der Waals surface area contributed by atoms with Gasteiger partial charge in [0.15, 0.2) is 0 Å². The Labute approximate surface area is 237 Å². The highest BCUT2D eigenvalue weighted by atomic mass is 16.6. The van der Waals surface area contributed by atoms with Crippen LogP contribution in [0.3, 0.4) is 0 Å². The molecule has 41 heavy (non-hydrogen) atoms. The number of nitrogens with zero attached hydrogens (tertiary/aromatic N) is 7. The molecular weight excluding hydrogens is 524 g/mol. The fourth-order valence-corrected chi connectivity index (χ4v) is 4.35. The summed E-state index contributed by atoms with van der Waals surface area (Å²) >= 11 is 0. The van der Waals surface area contributed by atoms with Crippen LogP contribution in [0.1, 0.15) is 31.3 Å². The molecule has 4 aromatic rings. The van der Waals surface area contributed by atoms with E-state index in [0.29, 0.717) is 31.9 Å². The zero-order valence-corrected chi connectivity index (χ0v) is 23.4. The minimum Gasteiger partial charge on any atom is -0.497 e. The molecule has 5 rings (SSSR count). The second kappa shape index (κ2) is 11.6. The molecule has 0 bridgehead atoms. The molecule has 1 fully saturated rings. The Morgan fingerprint density at radius 2 is 1.68 bits per heavy atom. The summed E-state index contributed by atoms with van der Waals surface area (Å²) in [6.45, 7) is 7.72. The lowest BCUT2D eigenvalue weighted by Crippen LogP contribution is -2.50. The van der Waals surface area contributed by atoms with Gasteiger partial charge in [-0.25, -0.2) is 19.4 Å². The molecule has 3 aromatic heterocycles. The number of ether oxygens (including phenoxy) is 2. The first-order valence-electron chi connectivity index (χ1n) is 13.2. The van der Waals surface area contributed by atoms with E-state index in [2.05, 4.69) is 30.3 Å². The van der Waals surface area contributed by atoms with Crippen LogP contribution >= 0.6 is 0 Å². The molecule has 1 aliphatic rings. The highest BCUT2D eigenvalue weighted by Gasteiger charge is 2.27. The van der Waals surface area contributed by atoms with Crippen molar-refractivity contribution in [2.24, 2.45) is 0 Å². The molecule has 2 amide bonds. The van der Waals surface area contributed by atoms with E-state index in [9.17, 15) is 9.59 Å². The first-order chi connectivity index (χ1) is 19.7. The molecule has 4 heterocycles. The second-order valence-electron chi connectivity index (χ2n) is 10.4. The van der Waals surface area contributed by atoms with E-state index in [1.165, 1.54) is 10.9 Å². The van der Waals surface area contributed by atoms with Gasteiger partial charge in [0.05, 0.1) is 30.9 Å². The number of pyridine rings is 1. The van der Waals surface area contributed by atoms with Gasteiger partial charge in [0, 0.05) is 50.3 Å². The predicted octanol–water partition coefficient (Wildman–Crippen LogP) is 4.04. The van der Waals surface area contributed by atoms with Gasteiger partial charge >= 0.3 is 6.09 Å². The van der Waals surface area contributed by atoms with Crippen LogP contribution in [0.15, 0.2) is 67.4 Å². The minimum absolute atomic E-state index is 0.182. The topological polar surface area (TPSA) is 128 Å². The number of methoxy groups -OCH3 is 1. The van der Waals surface area contributed by atoms with Crippen LogP contribution in [0.25, 0.3) is 17.1 Å². The van der Waals surface area contributed by atoms with Crippen molar-refractivity contribution in [2.45, 2.75) is 26.4 Å². The van der Waals surface area contributed by atoms with Crippen LogP contribution in [0.2, 0.25) is 0 Å². The van der Waals surface area contributed by atoms with E-state index in [1.54, 1.807) is 42.9 Å².